The van der Waals surface area contributed by atoms with Gasteiger partial charge in [0, 0.05) is 10.8 Å². The third-order valence-corrected chi connectivity index (χ3v) is 4.38. The molecule has 2 heterocycles. The topological polar surface area (TPSA) is 51.8 Å². The Morgan fingerprint density at radius 3 is 2.62 bits per heavy atom. The lowest BCUT2D eigenvalue weighted by Crippen LogP contribution is -2.35. The van der Waals surface area contributed by atoms with Gasteiger partial charge in [0.05, 0.1) is 16.7 Å². The molecule has 0 atom stereocenters. The van der Waals surface area contributed by atoms with Crippen LogP contribution in [0.4, 0.5) is 0 Å². The highest BCUT2D eigenvalue weighted by Crippen LogP contribution is 2.30. The molecule has 3 nitrogen and oxygen atoms in total. The second-order valence-electron chi connectivity index (χ2n) is 3.77. The summed E-state index contributed by atoms with van der Waals surface area (Å²) in [6.07, 6.45) is 1.81. The second kappa shape index (κ2) is 4.61. The van der Waals surface area contributed by atoms with Crippen LogP contribution in [-0.2, 0) is 5.54 Å². The Bertz CT molecular complexity index is 444. The van der Waals surface area contributed by atoms with Crippen LogP contribution in [0.25, 0.3) is 10.7 Å². The largest absolute Gasteiger partial charge is 0.320 e. The van der Waals surface area contributed by atoms with Crippen molar-refractivity contribution < 1.29 is 0 Å². The van der Waals surface area contributed by atoms with Crippen LogP contribution in [-0.4, -0.2) is 9.97 Å². The third kappa shape index (κ3) is 2.03. The zero-order valence-electron chi connectivity index (χ0n) is 9.43. The summed E-state index contributed by atoms with van der Waals surface area (Å²) in [6.45, 7) is 4.21. The van der Waals surface area contributed by atoms with Gasteiger partial charge in [0.1, 0.15) is 10.7 Å². The van der Waals surface area contributed by atoms with Crippen molar-refractivity contribution in [3.8, 4) is 10.7 Å². The van der Waals surface area contributed by atoms with Gasteiger partial charge in [-0.15, -0.1) is 22.7 Å². The van der Waals surface area contributed by atoms with Crippen molar-refractivity contribution >= 4 is 22.7 Å². The molecule has 0 aromatic carbocycles. The molecule has 0 aliphatic rings. The maximum absolute atomic E-state index is 6.31. The monoisotopic (exact) mass is 253 g/mol. The van der Waals surface area contributed by atoms with Gasteiger partial charge >= 0.3 is 0 Å². The molecular formula is C11H15N3S2. The van der Waals surface area contributed by atoms with Gasteiger partial charge in [0.25, 0.3) is 0 Å². The molecule has 0 radical (unpaired) electrons. The first kappa shape index (κ1) is 11.7. The zero-order chi connectivity index (χ0) is 11.6. The highest BCUT2D eigenvalue weighted by molar-refractivity contribution is 7.13. The summed E-state index contributed by atoms with van der Waals surface area (Å²) in [6, 6.07) is 0. The molecule has 2 aromatic heterocycles. The molecule has 0 saturated carbocycles. The lowest BCUT2D eigenvalue weighted by atomic mass is 9.91. The number of thiazole rings is 2. The van der Waals surface area contributed by atoms with E-state index in [1.807, 2.05) is 10.9 Å². The van der Waals surface area contributed by atoms with Crippen molar-refractivity contribution in [2.45, 2.75) is 32.2 Å². The average Bonchev–Trinajstić information content (AvgIpc) is 2.97. The van der Waals surface area contributed by atoms with Crippen LogP contribution in [0.15, 0.2) is 16.3 Å². The summed E-state index contributed by atoms with van der Waals surface area (Å²) in [4.78, 5) is 8.86. The molecule has 0 spiro atoms. The second-order valence-corrected chi connectivity index (χ2v) is 5.35. The van der Waals surface area contributed by atoms with Crippen molar-refractivity contribution in [3.05, 3.63) is 22.0 Å². The van der Waals surface area contributed by atoms with Gasteiger partial charge in [-0.05, 0) is 12.8 Å². The Morgan fingerprint density at radius 2 is 2.06 bits per heavy atom. The van der Waals surface area contributed by atoms with Crippen molar-refractivity contribution in [3.63, 3.8) is 0 Å². The van der Waals surface area contributed by atoms with Crippen LogP contribution in [0.2, 0.25) is 0 Å². The van der Waals surface area contributed by atoms with Crippen LogP contribution in [0.5, 0.6) is 0 Å². The number of aromatic nitrogens is 2. The fraction of sp³-hybridized carbons (Fsp3) is 0.455. The molecule has 0 aliphatic carbocycles. The van der Waals surface area contributed by atoms with Crippen LogP contribution in [0, 0.1) is 0 Å². The molecule has 5 heteroatoms. The van der Waals surface area contributed by atoms with Crippen LogP contribution >= 0.6 is 22.7 Å². The normalized spacial score (nSPS) is 11.9. The highest BCUT2D eigenvalue weighted by Gasteiger charge is 2.26. The molecule has 16 heavy (non-hydrogen) atoms. The summed E-state index contributed by atoms with van der Waals surface area (Å²) < 4.78 is 0. The summed E-state index contributed by atoms with van der Waals surface area (Å²) in [5.41, 5.74) is 9.79. The fourth-order valence-corrected chi connectivity index (χ4v) is 3.06. The van der Waals surface area contributed by atoms with Gasteiger partial charge in [-0.2, -0.15) is 0 Å². The standard InChI is InChI=1S/C11H15N3S2/c1-3-11(12,4-2)9-6-16-10(14-9)8-5-15-7-13-8/h5-7H,3-4,12H2,1-2H3. The minimum atomic E-state index is -0.287. The Hall–Kier alpha value is -0.780. The zero-order valence-corrected chi connectivity index (χ0v) is 11.1. The predicted octanol–water partition coefficient (Wildman–Crippen LogP) is 3.24. The van der Waals surface area contributed by atoms with Crippen molar-refractivity contribution in [2.24, 2.45) is 5.73 Å². The number of hydrogen-bond donors (Lipinski definition) is 1. The van der Waals surface area contributed by atoms with E-state index in [1.54, 1.807) is 22.7 Å². The van der Waals surface area contributed by atoms with E-state index < -0.39 is 0 Å². The fourth-order valence-electron chi connectivity index (χ4n) is 1.55. The van der Waals surface area contributed by atoms with E-state index in [2.05, 4.69) is 29.2 Å². The number of nitrogens with zero attached hydrogens (tertiary/aromatic N) is 2. The quantitative estimate of drug-likeness (QED) is 0.910. The Labute approximate surface area is 103 Å². The van der Waals surface area contributed by atoms with E-state index in [0.717, 1.165) is 29.2 Å². The van der Waals surface area contributed by atoms with Crippen molar-refractivity contribution in [1.29, 1.82) is 0 Å². The van der Waals surface area contributed by atoms with E-state index in [1.165, 1.54) is 0 Å². The molecule has 0 unspecified atom stereocenters. The minimum absolute atomic E-state index is 0.287. The van der Waals surface area contributed by atoms with Gasteiger partial charge in [-0.25, -0.2) is 9.97 Å². The number of rotatable bonds is 4. The van der Waals surface area contributed by atoms with E-state index in [4.69, 9.17) is 5.73 Å². The summed E-state index contributed by atoms with van der Waals surface area (Å²) >= 11 is 3.20. The smallest absolute Gasteiger partial charge is 0.143 e. The van der Waals surface area contributed by atoms with Gasteiger partial charge in [0.2, 0.25) is 0 Å². The lowest BCUT2D eigenvalue weighted by molar-refractivity contribution is 0.403. The van der Waals surface area contributed by atoms with Crippen LogP contribution in [0.1, 0.15) is 32.4 Å². The van der Waals surface area contributed by atoms with Crippen molar-refractivity contribution in [1.82, 2.24) is 9.97 Å². The van der Waals surface area contributed by atoms with E-state index in [9.17, 15) is 0 Å². The molecule has 2 N–H and O–H groups in total. The summed E-state index contributed by atoms with van der Waals surface area (Å²) in [7, 11) is 0. The van der Waals surface area contributed by atoms with E-state index in [-0.39, 0.29) is 5.54 Å². The predicted molar refractivity (Wildman–Crippen MR) is 69.7 cm³/mol. The molecule has 0 aliphatic heterocycles. The lowest BCUT2D eigenvalue weighted by Gasteiger charge is -2.24. The third-order valence-electron chi connectivity index (χ3n) is 2.93. The summed E-state index contributed by atoms with van der Waals surface area (Å²) in [5, 5.41) is 5.04. The molecule has 0 saturated heterocycles. The molecule has 2 rings (SSSR count). The van der Waals surface area contributed by atoms with Gasteiger partial charge < -0.3 is 5.73 Å². The SMILES string of the molecule is CCC(N)(CC)c1csc(-c2cscn2)n1. The Kier molecular flexibility index (Phi) is 3.37. The first-order chi connectivity index (χ1) is 7.69. The molecule has 0 bridgehead atoms. The molecule has 0 fully saturated rings. The van der Waals surface area contributed by atoms with Gasteiger partial charge in [-0.1, -0.05) is 13.8 Å². The average molecular weight is 253 g/mol. The van der Waals surface area contributed by atoms with E-state index >= 15 is 0 Å². The van der Waals surface area contributed by atoms with Crippen LogP contribution < -0.4 is 5.73 Å². The van der Waals surface area contributed by atoms with Crippen molar-refractivity contribution in [2.75, 3.05) is 0 Å². The minimum Gasteiger partial charge on any atom is -0.320 e. The maximum atomic E-state index is 6.31. The summed E-state index contributed by atoms with van der Waals surface area (Å²) in [5.74, 6) is 0. The first-order valence-corrected chi connectivity index (χ1v) is 7.15. The number of nitrogens with two attached hydrogens (primary N) is 1. The van der Waals surface area contributed by atoms with Gasteiger partial charge in [-0.3, -0.25) is 0 Å². The molecule has 86 valence electrons. The highest BCUT2D eigenvalue weighted by atomic mass is 32.1. The Balaban J connectivity index is 2.33. The van der Waals surface area contributed by atoms with Gasteiger partial charge in [0.15, 0.2) is 0 Å². The van der Waals surface area contributed by atoms with Crippen LogP contribution in [0.3, 0.4) is 0 Å². The molecule has 2 aromatic rings. The number of hydrogen-bond acceptors (Lipinski definition) is 5. The Morgan fingerprint density at radius 1 is 1.31 bits per heavy atom. The molecule has 0 amide bonds. The van der Waals surface area contributed by atoms with E-state index in [0.29, 0.717) is 0 Å². The molecular weight excluding hydrogens is 238 g/mol. The first-order valence-electron chi connectivity index (χ1n) is 5.33. The maximum Gasteiger partial charge on any atom is 0.143 e.